The molecule has 1 saturated heterocycles. The number of halogens is 1. The van der Waals surface area contributed by atoms with Crippen LogP contribution in [-0.4, -0.2) is 46.4 Å². The highest BCUT2D eigenvalue weighted by molar-refractivity contribution is 6.31. The van der Waals surface area contributed by atoms with E-state index in [9.17, 15) is 9.59 Å². The molecule has 2 aromatic rings. The Labute approximate surface area is 162 Å². The van der Waals surface area contributed by atoms with Crippen molar-refractivity contribution in [1.29, 1.82) is 0 Å². The number of carbonyl (C=O) groups excluding carboxylic acids is 2. The van der Waals surface area contributed by atoms with Crippen molar-refractivity contribution in [1.82, 2.24) is 14.9 Å². The van der Waals surface area contributed by atoms with Gasteiger partial charge in [-0.2, -0.15) is 0 Å². The van der Waals surface area contributed by atoms with E-state index in [4.69, 9.17) is 16.3 Å². The van der Waals surface area contributed by atoms with Gasteiger partial charge in [0.25, 0.3) is 0 Å². The van der Waals surface area contributed by atoms with Crippen LogP contribution in [0.15, 0.2) is 43.2 Å². The Morgan fingerprint density at radius 2 is 2.07 bits per heavy atom. The molecule has 27 heavy (non-hydrogen) atoms. The van der Waals surface area contributed by atoms with Crippen LogP contribution < -0.4 is 5.32 Å². The number of hydrogen-bond acceptors (Lipinski definition) is 5. The highest BCUT2D eigenvalue weighted by Gasteiger charge is 2.28. The number of amides is 2. The van der Waals surface area contributed by atoms with Crippen LogP contribution >= 0.6 is 11.6 Å². The van der Waals surface area contributed by atoms with Crippen LogP contribution in [0, 0.1) is 0 Å². The molecule has 3 rings (SSSR count). The van der Waals surface area contributed by atoms with Crippen molar-refractivity contribution < 1.29 is 14.3 Å². The number of anilines is 1. The van der Waals surface area contributed by atoms with Crippen LogP contribution in [0.4, 0.5) is 5.69 Å². The average Bonchev–Trinajstić information content (AvgIpc) is 2.67. The molecule has 1 aromatic heterocycles. The lowest BCUT2D eigenvalue weighted by atomic mass is 10.0. The maximum atomic E-state index is 12.2. The molecule has 1 N–H and O–H groups in total. The standard InChI is InChI=1S/C19H19ClN4O3/c1-3-18(26)24-4-5-27-11-17(24)13-6-14(8-15(20)7-13)19-21-9-16(10-22-19)23-12(2)25/h3,6-10,17H,1,4-5,11H2,2H3,(H,23,25)/t17-/m0/s1. The van der Waals surface area contributed by atoms with E-state index in [-0.39, 0.29) is 17.9 Å². The minimum absolute atomic E-state index is 0.152. The molecular formula is C19H19ClN4O3. The van der Waals surface area contributed by atoms with Crippen LogP contribution in [0.3, 0.4) is 0 Å². The zero-order valence-corrected chi connectivity index (χ0v) is 15.6. The largest absolute Gasteiger partial charge is 0.377 e. The van der Waals surface area contributed by atoms with E-state index in [1.54, 1.807) is 17.0 Å². The fourth-order valence-electron chi connectivity index (χ4n) is 2.94. The molecule has 1 aliphatic heterocycles. The zero-order valence-electron chi connectivity index (χ0n) is 14.8. The molecule has 1 atom stereocenters. The van der Waals surface area contributed by atoms with Gasteiger partial charge < -0.3 is 15.0 Å². The first kappa shape index (κ1) is 19.0. The number of benzene rings is 1. The Morgan fingerprint density at radius 3 is 2.74 bits per heavy atom. The summed E-state index contributed by atoms with van der Waals surface area (Å²) in [7, 11) is 0. The second kappa shape index (κ2) is 8.28. The van der Waals surface area contributed by atoms with Gasteiger partial charge in [0.2, 0.25) is 11.8 Å². The molecule has 1 aliphatic rings. The number of aromatic nitrogens is 2. The van der Waals surface area contributed by atoms with Gasteiger partial charge in [-0.3, -0.25) is 9.59 Å². The number of rotatable bonds is 4. The second-order valence-corrected chi connectivity index (χ2v) is 6.51. The summed E-state index contributed by atoms with van der Waals surface area (Å²) in [6, 6.07) is 5.18. The van der Waals surface area contributed by atoms with Crippen LogP contribution in [0.5, 0.6) is 0 Å². The first-order valence-corrected chi connectivity index (χ1v) is 8.77. The molecule has 0 unspecified atom stereocenters. The molecule has 1 aromatic carbocycles. The van der Waals surface area contributed by atoms with Crippen molar-refractivity contribution >= 4 is 29.1 Å². The molecule has 0 bridgehead atoms. The van der Waals surface area contributed by atoms with E-state index in [1.807, 2.05) is 6.07 Å². The summed E-state index contributed by atoms with van der Waals surface area (Å²) in [6.45, 7) is 6.33. The Kier molecular flexibility index (Phi) is 5.83. The van der Waals surface area contributed by atoms with Gasteiger partial charge in [-0.25, -0.2) is 9.97 Å². The number of hydrogen-bond donors (Lipinski definition) is 1. The predicted octanol–water partition coefficient (Wildman–Crippen LogP) is 2.84. The quantitative estimate of drug-likeness (QED) is 0.817. The summed E-state index contributed by atoms with van der Waals surface area (Å²) in [6.07, 6.45) is 4.36. The van der Waals surface area contributed by atoms with E-state index < -0.39 is 0 Å². The average molecular weight is 387 g/mol. The topological polar surface area (TPSA) is 84.4 Å². The number of carbonyl (C=O) groups is 2. The molecule has 1 fully saturated rings. The molecule has 140 valence electrons. The number of ether oxygens (including phenoxy) is 1. The smallest absolute Gasteiger partial charge is 0.246 e. The zero-order chi connectivity index (χ0) is 19.4. The van der Waals surface area contributed by atoms with Crippen molar-refractivity contribution in [3.05, 3.63) is 53.8 Å². The van der Waals surface area contributed by atoms with E-state index in [2.05, 4.69) is 21.9 Å². The fraction of sp³-hybridized carbons (Fsp3) is 0.263. The van der Waals surface area contributed by atoms with E-state index in [1.165, 1.54) is 25.4 Å². The molecule has 7 nitrogen and oxygen atoms in total. The summed E-state index contributed by atoms with van der Waals surface area (Å²) >= 11 is 6.30. The first-order chi connectivity index (χ1) is 13.0. The van der Waals surface area contributed by atoms with Crippen LogP contribution in [-0.2, 0) is 14.3 Å². The molecule has 0 aliphatic carbocycles. The third-order valence-electron chi connectivity index (χ3n) is 4.12. The number of nitrogens with zero attached hydrogens (tertiary/aromatic N) is 3. The van der Waals surface area contributed by atoms with E-state index in [0.29, 0.717) is 41.9 Å². The van der Waals surface area contributed by atoms with Crippen molar-refractivity contribution in [2.24, 2.45) is 0 Å². The molecule has 8 heteroatoms. The van der Waals surface area contributed by atoms with Gasteiger partial charge in [0.05, 0.1) is 37.3 Å². The molecular weight excluding hydrogens is 368 g/mol. The molecule has 0 radical (unpaired) electrons. The number of morpholine rings is 1. The second-order valence-electron chi connectivity index (χ2n) is 6.08. The third-order valence-corrected chi connectivity index (χ3v) is 4.34. The van der Waals surface area contributed by atoms with Gasteiger partial charge in [0, 0.05) is 24.1 Å². The summed E-state index contributed by atoms with van der Waals surface area (Å²) in [5, 5.41) is 3.13. The van der Waals surface area contributed by atoms with Gasteiger partial charge >= 0.3 is 0 Å². The Balaban J connectivity index is 1.93. The van der Waals surface area contributed by atoms with Crippen molar-refractivity contribution in [2.45, 2.75) is 13.0 Å². The Bertz CT molecular complexity index is 870. The van der Waals surface area contributed by atoms with Gasteiger partial charge in [-0.15, -0.1) is 0 Å². The van der Waals surface area contributed by atoms with Crippen molar-refractivity contribution in [3.8, 4) is 11.4 Å². The highest BCUT2D eigenvalue weighted by atomic mass is 35.5. The van der Waals surface area contributed by atoms with Crippen LogP contribution in [0.1, 0.15) is 18.5 Å². The van der Waals surface area contributed by atoms with Crippen LogP contribution in [0.2, 0.25) is 5.02 Å². The lowest BCUT2D eigenvalue weighted by Gasteiger charge is -2.35. The fourth-order valence-corrected chi connectivity index (χ4v) is 3.18. The van der Waals surface area contributed by atoms with Crippen molar-refractivity contribution in [2.75, 3.05) is 25.1 Å². The Morgan fingerprint density at radius 1 is 1.33 bits per heavy atom. The summed E-state index contributed by atoms with van der Waals surface area (Å²) in [5.41, 5.74) is 2.06. The maximum absolute atomic E-state index is 12.2. The minimum atomic E-state index is -0.264. The lowest BCUT2D eigenvalue weighted by molar-refractivity contribution is -0.134. The number of nitrogens with one attached hydrogen (secondary N) is 1. The first-order valence-electron chi connectivity index (χ1n) is 8.39. The maximum Gasteiger partial charge on any atom is 0.246 e. The van der Waals surface area contributed by atoms with Crippen molar-refractivity contribution in [3.63, 3.8) is 0 Å². The molecule has 0 saturated carbocycles. The van der Waals surface area contributed by atoms with Gasteiger partial charge in [-0.1, -0.05) is 18.2 Å². The molecule has 0 spiro atoms. The highest BCUT2D eigenvalue weighted by Crippen LogP contribution is 2.30. The molecule has 2 amide bonds. The van der Waals surface area contributed by atoms with E-state index >= 15 is 0 Å². The van der Waals surface area contributed by atoms with Gasteiger partial charge in [0.1, 0.15) is 0 Å². The molecule has 2 heterocycles. The summed E-state index contributed by atoms with van der Waals surface area (Å²) in [5.74, 6) is 0.118. The minimum Gasteiger partial charge on any atom is -0.377 e. The Hall–Kier alpha value is -2.77. The third kappa shape index (κ3) is 4.50. The lowest BCUT2D eigenvalue weighted by Crippen LogP contribution is -2.42. The summed E-state index contributed by atoms with van der Waals surface area (Å²) < 4.78 is 5.56. The van der Waals surface area contributed by atoms with E-state index in [0.717, 1.165) is 5.56 Å². The predicted molar refractivity (Wildman–Crippen MR) is 102 cm³/mol. The van der Waals surface area contributed by atoms with Gasteiger partial charge in [0.15, 0.2) is 5.82 Å². The summed E-state index contributed by atoms with van der Waals surface area (Å²) in [4.78, 5) is 33.6. The van der Waals surface area contributed by atoms with Gasteiger partial charge in [-0.05, 0) is 29.8 Å². The van der Waals surface area contributed by atoms with Crippen LogP contribution in [0.25, 0.3) is 11.4 Å². The SMILES string of the molecule is C=CC(=O)N1CCOC[C@H]1c1cc(Cl)cc(-c2ncc(NC(C)=O)cn2)c1. The monoisotopic (exact) mass is 386 g/mol. The normalized spacial score (nSPS) is 16.7.